The van der Waals surface area contributed by atoms with Crippen LogP contribution in [0.15, 0.2) is 0 Å². The maximum Gasteiger partial charge on any atom is 0.0499 e. The zero-order valence-electron chi connectivity index (χ0n) is 11.0. The van der Waals surface area contributed by atoms with Crippen LogP contribution in [-0.2, 0) is 0 Å². The molecule has 0 bridgehead atoms. The second kappa shape index (κ2) is 9.35. The van der Waals surface area contributed by atoms with Crippen molar-refractivity contribution in [3.63, 3.8) is 0 Å². The summed E-state index contributed by atoms with van der Waals surface area (Å²) in [6.45, 7) is 4.72. The molecule has 1 fully saturated rings. The normalized spacial score (nSPS) is 25.1. The molecule has 1 rings (SSSR count). The molecule has 0 aromatic heterocycles. The number of hydrogen-bond donors (Lipinski definition) is 1. The van der Waals surface area contributed by atoms with Crippen LogP contribution in [0.5, 0.6) is 0 Å². The first-order valence-corrected chi connectivity index (χ1v) is 7.74. The van der Waals surface area contributed by atoms with Gasteiger partial charge in [-0.25, -0.2) is 0 Å². The van der Waals surface area contributed by atoms with Crippen molar-refractivity contribution < 1.29 is 0 Å². The van der Waals surface area contributed by atoms with E-state index in [0.717, 1.165) is 0 Å². The summed E-state index contributed by atoms with van der Waals surface area (Å²) in [6.07, 6.45) is 14.3. The Labute approximate surface area is 107 Å². The molecule has 0 radical (unpaired) electrons. The van der Waals surface area contributed by atoms with E-state index in [1.807, 2.05) is 0 Å². The zero-order chi connectivity index (χ0) is 11.6. The number of rotatable bonds is 1. The largest absolute Gasteiger partial charge is 0.292 e. The summed E-state index contributed by atoms with van der Waals surface area (Å²) in [5.74, 6) is 0. The molecule has 1 atom stereocenters. The average molecular weight is 243 g/mol. The monoisotopic (exact) mass is 243 g/mol. The SMILES string of the molecule is CC(S)N1CCCCCCCCCCCC1. The minimum Gasteiger partial charge on any atom is -0.292 e. The molecular formula is C14H29NS. The fourth-order valence-corrected chi connectivity index (χ4v) is 2.76. The van der Waals surface area contributed by atoms with Crippen molar-refractivity contribution in [2.75, 3.05) is 13.1 Å². The van der Waals surface area contributed by atoms with E-state index in [2.05, 4.69) is 24.5 Å². The third-order valence-electron chi connectivity index (χ3n) is 3.67. The van der Waals surface area contributed by atoms with E-state index in [1.165, 1.54) is 77.3 Å². The number of thiol groups is 1. The van der Waals surface area contributed by atoms with Gasteiger partial charge in [0.2, 0.25) is 0 Å². The Kier molecular flexibility index (Phi) is 8.40. The highest BCUT2D eigenvalue weighted by molar-refractivity contribution is 7.80. The van der Waals surface area contributed by atoms with Gasteiger partial charge >= 0.3 is 0 Å². The van der Waals surface area contributed by atoms with Gasteiger partial charge in [-0.3, -0.25) is 4.90 Å². The Balaban J connectivity index is 2.26. The average Bonchev–Trinajstić information content (AvgIpc) is 2.28. The molecule has 1 nitrogen and oxygen atoms in total. The summed E-state index contributed by atoms with van der Waals surface area (Å²) in [4.78, 5) is 2.54. The third kappa shape index (κ3) is 6.80. The van der Waals surface area contributed by atoms with Gasteiger partial charge in [-0.05, 0) is 32.9 Å². The summed E-state index contributed by atoms with van der Waals surface area (Å²) in [5, 5.41) is 0.435. The first-order valence-electron chi connectivity index (χ1n) is 7.23. The molecule has 0 saturated carbocycles. The molecule has 0 aromatic rings. The Morgan fingerprint density at radius 1 is 0.688 bits per heavy atom. The molecule has 0 N–H and O–H groups in total. The van der Waals surface area contributed by atoms with Crippen LogP contribution in [0.2, 0.25) is 0 Å². The molecule has 1 heterocycles. The summed E-state index contributed by atoms with van der Waals surface area (Å²) in [6, 6.07) is 0. The van der Waals surface area contributed by atoms with Crippen LogP contribution in [0.25, 0.3) is 0 Å². The highest BCUT2D eigenvalue weighted by Crippen LogP contribution is 2.14. The molecule has 16 heavy (non-hydrogen) atoms. The number of nitrogens with zero attached hydrogens (tertiary/aromatic N) is 1. The fourth-order valence-electron chi connectivity index (χ4n) is 2.53. The van der Waals surface area contributed by atoms with Crippen molar-refractivity contribution in [2.24, 2.45) is 0 Å². The van der Waals surface area contributed by atoms with Crippen molar-refractivity contribution in [3.05, 3.63) is 0 Å². The van der Waals surface area contributed by atoms with Crippen molar-refractivity contribution in [3.8, 4) is 0 Å². The van der Waals surface area contributed by atoms with Crippen LogP contribution in [0.1, 0.15) is 71.1 Å². The van der Waals surface area contributed by atoms with Gasteiger partial charge in [0.15, 0.2) is 0 Å². The molecule has 1 saturated heterocycles. The Bertz CT molecular complexity index is 145. The number of hydrogen-bond acceptors (Lipinski definition) is 2. The topological polar surface area (TPSA) is 3.24 Å². The fraction of sp³-hybridized carbons (Fsp3) is 1.00. The second-order valence-electron chi connectivity index (χ2n) is 5.20. The molecule has 1 aliphatic heterocycles. The minimum absolute atomic E-state index is 0.435. The van der Waals surface area contributed by atoms with Gasteiger partial charge in [-0.1, -0.05) is 51.4 Å². The standard InChI is InChI=1S/C14H29NS/c1-14(16)15-12-10-8-6-4-2-3-5-7-9-11-13-15/h14,16H,2-13H2,1H3. The van der Waals surface area contributed by atoms with Crippen LogP contribution >= 0.6 is 12.6 Å². The van der Waals surface area contributed by atoms with Crippen LogP contribution in [0.4, 0.5) is 0 Å². The molecule has 2 heteroatoms. The van der Waals surface area contributed by atoms with E-state index >= 15 is 0 Å². The van der Waals surface area contributed by atoms with Crippen LogP contribution < -0.4 is 0 Å². The Morgan fingerprint density at radius 2 is 1.00 bits per heavy atom. The molecule has 1 unspecified atom stereocenters. The van der Waals surface area contributed by atoms with Crippen LogP contribution in [0, 0.1) is 0 Å². The molecule has 0 aromatic carbocycles. The molecule has 96 valence electrons. The lowest BCUT2D eigenvalue weighted by molar-refractivity contribution is 0.256. The van der Waals surface area contributed by atoms with E-state index in [-0.39, 0.29) is 0 Å². The van der Waals surface area contributed by atoms with Gasteiger partial charge in [-0.15, -0.1) is 0 Å². The third-order valence-corrected chi connectivity index (χ3v) is 4.00. The lowest BCUT2D eigenvalue weighted by atomic mass is 10.1. The smallest absolute Gasteiger partial charge is 0.0499 e. The summed E-state index contributed by atoms with van der Waals surface area (Å²) >= 11 is 4.58. The van der Waals surface area contributed by atoms with Gasteiger partial charge in [0.1, 0.15) is 0 Å². The quantitative estimate of drug-likeness (QED) is 0.665. The van der Waals surface area contributed by atoms with Gasteiger partial charge in [0.05, 0.1) is 0 Å². The van der Waals surface area contributed by atoms with Crippen molar-refractivity contribution in [2.45, 2.75) is 76.5 Å². The summed E-state index contributed by atoms with van der Waals surface area (Å²) in [5.41, 5.74) is 0. The lowest BCUT2D eigenvalue weighted by Crippen LogP contribution is -2.31. The molecule has 0 amide bonds. The van der Waals surface area contributed by atoms with E-state index in [1.54, 1.807) is 0 Å². The van der Waals surface area contributed by atoms with E-state index in [0.29, 0.717) is 5.37 Å². The van der Waals surface area contributed by atoms with E-state index < -0.39 is 0 Å². The van der Waals surface area contributed by atoms with Crippen LogP contribution in [-0.4, -0.2) is 23.4 Å². The van der Waals surface area contributed by atoms with Crippen LogP contribution in [0.3, 0.4) is 0 Å². The van der Waals surface area contributed by atoms with Crippen molar-refractivity contribution in [1.29, 1.82) is 0 Å². The van der Waals surface area contributed by atoms with E-state index in [9.17, 15) is 0 Å². The summed E-state index contributed by atoms with van der Waals surface area (Å²) in [7, 11) is 0. The molecule has 0 spiro atoms. The lowest BCUT2D eigenvalue weighted by Gasteiger charge is -2.25. The summed E-state index contributed by atoms with van der Waals surface area (Å²) < 4.78 is 0. The Hall–Kier alpha value is 0.310. The van der Waals surface area contributed by atoms with Gasteiger partial charge in [-0.2, -0.15) is 12.6 Å². The molecular weight excluding hydrogens is 214 g/mol. The van der Waals surface area contributed by atoms with Gasteiger partial charge < -0.3 is 0 Å². The zero-order valence-corrected chi connectivity index (χ0v) is 11.9. The first kappa shape index (κ1) is 14.4. The maximum absolute atomic E-state index is 4.58. The van der Waals surface area contributed by atoms with E-state index in [4.69, 9.17) is 0 Å². The van der Waals surface area contributed by atoms with Crippen molar-refractivity contribution in [1.82, 2.24) is 4.90 Å². The minimum atomic E-state index is 0.435. The van der Waals surface area contributed by atoms with Gasteiger partial charge in [0, 0.05) is 5.37 Å². The molecule has 1 aliphatic rings. The predicted octanol–water partition coefficient (Wildman–Crippen LogP) is 4.48. The Morgan fingerprint density at radius 3 is 1.31 bits per heavy atom. The highest BCUT2D eigenvalue weighted by atomic mass is 32.1. The second-order valence-corrected chi connectivity index (χ2v) is 5.95. The van der Waals surface area contributed by atoms with Gasteiger partial charge in [0.25, 0.3) is 0 Å². The molecule has 0 aliphatic carbocycles. The maximum atomic E-state index is 4.58. The predicted molar refractivity (Wildman–Crippen MR) is 76.2 cm³/mol. The highest BCUT2D eigenvalue weighted by Gasteiger charge is 2.09. The first-order chi connectivity index (χ1) is 7.80. The van der Waals surface area contributed by atoms with Crippen molar-refractivity contribution >= 4 is 12.6 Å².